The summed E-state index contributed by atoms with van der Waals surface area (Å²) in [6.45, 7) is 4.41. The first-order valence-electron chi connectivity index (χ1n) is 5.98. The Hall–Kier alpha value is -1.50. The number of allylic oxidation sites excluding steroid dienone is 3. The van der Waals surface area contributed by atoms with E-state index in [0.29, 0.717) is 0 Å². The Balaban J connectivity index is 1.77. The number of nitrogens with zero attached hydrogens (tertiary/aromatic N) is 1. The van der Waals surface area contributed by atoms with Gasteiger partial charge in [-0.15, -0.1) is 0 Å². The molecule has 0 spiro atoms. The zero-order valence-electron chi connectivity index (χ0n) is 9.89. The van der Waals surface area contributed by atoms with Crippen molar-refractivity contribution in [2.24, 2.45) is 0 Å². The van der Waals surface area contributed by atoms with Crippen molar-refractivity contribution in [1.82, 2.24) is 4.90 Å². The molecule has 1 heteroatoms. The molecule has 1 aromatic carbocycles. The van der Waals surface area contributed by atoms with Gasteiger partial charge in [-0.1, -0.05) is 42.5 Å². The van der Waals surface area contributed by atoms with Crippen LogP contribution in [0.25, 0.3) is 0 Å². The second-order valence-corrected chi connectivity index (χ2v) is 4.27. The Morgan fingerprint density at radius 3 is 2.75 bits per heavy atom. The molecule has 0 bridgehead atoms. The second-order valence-electron chi connectivity index (χ2n) is 4.27. The van der Waals surface area contributed by atoms with Crippen LogP contribution in [0.5, 0.6) is 0 Å². The van der Waals surface area contributed by atoms with Crippen LogP contribution in [0.2, 0.25) is 0 Å². The zero-order chi connectivity index (χ0) is 11.2. The Labute approximate surface area is 98.1 Å². The zero-order valence-corrected chi connectivity index (χ0v) is 9.89. The Kier molecular flexibility index (Phi) is 3.81. The smallest absolute Gasteiger partial charge is 0.0359 e. The third-order valence-corrected chi connectivity index (χ3v) is 3.03. The number of rotatable bonds is 4. The summed E-state index contributed by atoms with van der Waals surface area (Å²) in [5, 5.41) is 0. The van der Waals surface area contributed by atoms with Gasteiger partial charge >= 0.3 is 0 Å². The summed E-state index contributed by atoms with van der Waals surface area (Å²) in [6, 6.07) is 10.7. The molecule has 0 aliphatic carbocycles. The fraction of sp³-hybridized carbons (Fsp3) is 0.333. The lowest BCUT2D eigenvalue weighted by Gasteiger charge is -2.25. The van der Waals surface area contributed by atoms with Gasteiger partial charge in [0.1, 0.15) is 0 Å². The molecule has 0 atom stereocenters. The molecule has 0 radical (unpaired) electrons. The third kappa shape index (κ3) is 2.99. The summed E-state index contributed by atoms with van der Waals surface area (Å²) in [5.74, 6) is 0. The number of aryl methyl sites for hydroxylation is 1. The van der Waals surface area contributed by atoms with Crippen LogP contribution < -0.4 is 0 Å². The molecule has 1 aromatic rings. The largest absolute Gasteiger partial charge is 0.371 e. The van der Waals surface area contributed by atoms with Crippen molar-refractivity contribution in [3.63, 3.8) is 0 Å². The van der Waals surface area contributed by atoms with Crippen LogP contribution in [0.1, 0.15) is 18.9 Å². The van der Waals surface area contributed by atoms with Gasteiger partial charge in [-0.3, -0.25) is 0 Å². The first-order valence-corrected chi connectivity index (χ1v) is 5.98. The van der Waals surface area contributed by atoms with Gasteiger partial charge in [-0.05, 0) is 31.4 Å². The maximum Gasteiger partial charge on any atom is 0.0359 e. The van der Waals surface area contributed by atoms with Crippen molar-refractivity contribution in [3.8, 4) is 0 Å². The number of hydrogen-bond acceptors (Lipinski definition) is 1. The molecular formula is C15H19N. The van der Waals surface area contributed by atoms with E-state index in [2.05, 4.69) is 60.4 Å². The molecule has 2 rings (SSSR count). The Morgan fingerprint density at radius 1 is 1.19 bits per heavy atom. The normalized spacial score (nSPS) is 15.1. The number of hydrogen-bond donors (Lipinski definition) is 0. The molecule has 1 heterocycles. The molecule has 0 N–H and O–H groups in total. The van der Waals surface area contributed by atoms with Crippen LogP contribution >= 0.6 is 0 Å². The molecule has 1 nitrogen and oxygen atoms in total. The first kappa shape index (κ1) is 11.0. The van der Waals surface area contributed by atoms with Crippen LogP contribution in [0.15, 0.2) is 54.3 Å². The van der Waals surface area contributed by atoms with Crippen molar-refractivity contribution >= 4 is 0 Å². The minimum Gasteiger partial charge on any atom is -0.371 e. The van der Waals surface area contributed by atoms with Gasteiger partial charge in [0.2, 0.25) is 0 Å². The Morgan fingerprint density at radius 2 is 2.00 bits per heavy atom. The van der Waals surface area contributed by atoms with Crippen LogP contribution in [-0.4, -0.2) is 18.0 Å². The summed E-state index contributed by atoms with van der Waals surface area (Å²) in [4.78, 5) is 2.43. The SMILES string of the molecule is CC1=CC=CCN1CCCc1ccccc1. The fourth-order valence-electron chi connectivity index (χ4n) is 2.03. The van der Waals surface area contributed by atoms with E-state index < -0.39 is 0 Å². The molecule has 1 aliphatic heterocycles. The van der Waals surface area contributed by atoms with E-state index in [1.54, 1.807) is 0 Å². The van der Waals surface area contributed by atoms with E-state index in [1.165, 1.54) is 24.1 Å². The van der Waals surface area contributed by atoms with Crippen molar-refractivity contribution in [3.05, 3.63) is 59.8 Å². The highest BCUT2D eigenvalue weighted by Gasteiger charge is 2.05. The molecule has 0 unspecified atom stereocenters. The van der Waals surface area contributed by atoms with Gasteiger partial charge in [-0.25, -0.2) is 0 Å². The van der Waals surface area contributed by atoms with Gasteiger partial charge in [-0.2, -0.15) is 0 Å². The maximum absolute atomic E-state index is 2.43. The third-order valence-electron chi connectivity index (χ3n) is 3.03. The topological polar surface area (TPSA) is 3.24 Å². The summed E-state index contributed by atoms with van der Waals surface area (Å²) in [6.07, 6.45) is 8.95. The van der Waals surface area contributed by atoms with E-state index in [4.69, 9.17) is 0 Å². The Bertz CT molecular complexity index is 376. The predicted molar refractivity (Wildman–Crippen MR) is 69.2 cm³/mol. The van der Waals surface area contributed by atoms with E-state index in [0.717, 1.165) is 13.1 Å². The summed E-state index contributed by atoms with van der Waals surface area (Å²) in [5.41, 5.74) is 2.83. The van der Waals surface area contributed by atoms with Crippen LogP contribution in [0.4, 0.5) is 0 Å². The summed E-state index contributed by atoms with van der Waals surface area (Å²) < 4.78 is 0. The minimum atomic E-state index is 1.07. The molecule has 0 fully saturated rings. The van der Waals surface area contributed by atoms with Gasteiger partial charge in [0, 0.05) is 18.8 Å². The quantitative estimate of drug-likeness (QED) is 0.741. The molecule has 0 amide bonds. The van der Waals surface area contributed by atoms with Gasteiger partial charge in [0.25, 0.3) is 0 Å². The highest BCUT2D eigenvalue weighted by molar-refractivity contribution is 5.17. The molecule has 0 saturated carbocycles. The first-order chi connectivity index (χ1) is 7.86. The number of benzene rings is 1. The lowest BCUT2D eigenvalue weighted by Crippen LogP contribution is -2.24. The van der Waals surface area contributed by atoms with Gasteiger partial charge in [0.05, 0.1) is 0 Å². The van der Waals surface area contributed by atoms with E-state index in [-0.39, 0.29) is 0 Å². The van der Waals surface area contributed by atoms with Crippen LogP contribution in [-0.2, 0) is 6.42 Å². The van der Waals surface area contributed by atoms with E-state index in [9.17, 15) is 0 Å². The summed E-state index contributed by atoms with van der Waals surface area (Å²) >= 11 is 0. The average molecular weight is 213 g/mol. The predicted octanol–water partition coefficient (Wildman–Crippen LogP) is 3.39. The van der Waals surface area contributed by atoms with Crippen LogP contribution in [0, 0.1) is 0 Å². The molecule has 16 heavy (non-hydrogen) atoms. The van der Waals surface area contributed by atoms with E-state index in [1.807, 2.05) is 0 Å². The van der Waals surface area contributed by atoms with E-state index >= 15 is 0 Å². The summed E-state index contributed by atoms with van der Waals surface area (Å²) in [7, 11) is 0. The minimum absolute atomic E-state index is 1.07. The maximum atomic E-state index is 2.43. The molecule has 84 valence electrons. The molecular weight excluding hydrogens is 194 g/mol. The lowest BCUT2D eigenvalue weighted by molar-refractivity contribution is 0.370. The van der Waals surface area contributed by atoms with Crippen molar-refractivity contribution in [2.45, 2.75) is 19.8 Å². The van der Waals surface area contributed by atoms with Crippen molar-refractivity contribution in [1.29, 1.82) is 0 Å². The van der Waals surface area contributed by atoms with Crippen molar-refractivity contribution in [2.75, 3.05) is 13.1 Å². The monoisotopic (exact) mass is 213 g/mol. The second kappa shape index (κ2) is 5.55. The molecule has 1 aliphatic rings. The average Bonchev–Trinajstić information content (AvgIpc) is 2.33. The van der Waals surface area contributed by atoms with Gasteiger partial charge in [0.15, 0.2) is 0 Å². The standard InChI is InChI=1S/C15H19N/c1-14-8-5-6-12-16(14)13-7-11-15-9-3-2-4-10-15/h2-6,8-10H,7,11-13H2,1H3. The molecule has 0 saturated heterocycles. The highest BCUT2D eigenvalue weighted by atomic mass is 15.1. The van der Waals surface area contributed by atoms with Crippen molar-refractivity contribution < 1.29 is 0 Å². The highest BCUT2D eigenvalue weighted by Crippen LogP contribution is 2.11. The lowest BCUT2D eigenvalue weighted by atomic mass is 10.1. The van der Waals surface area contributed by atoms with Gasteiger partial charge < -0.3 is 4.90 Å². The fourth-order valence-corrected chi connectivity index (χ4v) is 2.03. The molecule has 0 aromatic heterocycles. The van der Waals surface area contributed by atoms with Crippen LogP contribution in [0.3, 0.4) is 0 Å².